The van der Waals surface area contributed by atoms with Gasteiger partial charge in [-0.15, -0.1) is 0 Å². The van der Waals surface area contributed by atoms with E-state index in [4.69, 9.17) is 0 Å². The smallest absolute Gasteiger partial charge is 0.313 e. The molecule has 1 aliphatic heterocycles. The van der Waals surface area contributed by atoms with Crippen LogP contribution >= 0.6 is 0 Å². The predicted octanol–water partition coefficient (Wildman–Crippen LogP) is 1.46. The molecule has 0 aromatic carbocycles. The van der Waals surface area contributed by atoms with Gasteiger partial charge in [0.2, 0.25) is 0 Å². The minimum absolute atomic E-state index is 0.0641. The monoisotopic (exact) mass is 198 g/mol. The first kappa shape index (κ1) is 11.0. The van der Waals surface area contributed by atoms with Crippen LogP contribution in [0.5, 0.6) is 0 Å². The molecule has 1 saturated heterocycles. The van der Waals surface area contributed by atoms with Gasteiger partial charge in [-0.1, -0.05) is 6.92 Å². The lowest BCUT2D eigenvalue weighted by molar-refractivity contribution is -0.133. The van der Waals surface area contributed by atoms with Crippen LogP contribution in [-0.2, 0) is 4.79 Å². The minimum Gasteiger partial charge on any atom is -0.313 e. The van der Waals surface area contributed by atoms with E-state index in [0.29, 0.717) is 6.42 Å². The Labute approximate surface area is 84.9 Å². The quantitative estimate of drug-likeness (QED) is 0.630. The summed E-state index contributed by atoms with van der Waals surface area (Å²) >= 11 is 0. The van der Waals surface area contributed by atoms with Gasteiger partial charge in [-0.2, -0.15) is 0 Å². The Kier molecular flexibility index (Phi) is 2.56. The zero-order valence-electron chi connectivity index (χ0n) is 9.50. The Hall–Kier alpha value is -1.06. The van der Waals surface area contributed by atoms with Crippen LogP contribution in [0.25, 0.3) is 0 Å². The van der Waals surface area contributed by atoms with Crippen LogP contribution in [0.4, 0.5) is 4.79 Å². The molecule has 14 heavy (non-hydrogen) atoms. The summed E-state index contributed by atoms with van der Waals surface area (Å²) in [6, 6.07) is -0.250. The summed E-state index contributed by atoms with van der Waals surface area (Å²) in [6.07, 6.45) is 0.650. The Morgan fingerprint density at radius 2 is 1.86 bits per heavy atom. The van der Waals surface area contributed by atoms with Crippen LogP contribution in [0, 0.1) is 0 Å². The van der Waals surface area contributed by atoms with Gasteiger partial charge in [0.05, 0.1) is 0 Å². The molecule has 0 N–H and O–H groups in total. The highest BCUT2D eigenvalue weighted by Crippen LogP contribution is 2.30. The lowest BCUT2D eigenvalue weighted by Gasteiger charge is -2.26. The summed E-state index contributed by atoms with van der Waals surface area (Å²) in [4.78, 5) is 26.6. The molecule has 0 spiro atoms. The number of amides is 3. The lowest BCUT2D eigenvalue weighted by atomic mass is 9.97. The Morgan fingerprint density at radius 1 is 1.36 bits per heavy atom. The standard InChI is InChI=1S/C10H18N2O2/c1-6-10(4)8(13)12(7(2)3)9(14)11(10)5/h7H,6H2,1-5H3/t10-/m1/s1. The maximum Gasteiger partial charge on any atom is 0.327 e. The molecule has 0 radical (unpaired) electrons. The van der Waals surface area contributed by atoms with Gasteiger partial charge < -0.3 is 4.90 Å². The highest BCUT2D eigenvalue weighted by Gasteiger charge is 2.51. The molecule has 0 aromatic rings. The second kappa shape index (κ2) is 3.26. The third-order valence-corrected chi connectivity index (χ3v) is 3.12. The van der Waals surface area contributed by atoms with Crippen LogP contribution in [0.15, 0.2) is 0 Å². The van der Waals surface area contributed by atoms with Crippen molar-refractivity contribution >= 4 is 11.9 Å². The normalized spacial score (nSPS) is 28.1. The van der Waals surface area contributed by atoms with Crippen LogP contribution in [0.1, 0.15) is 34.1 Å². The van der Waals surface area contributed by atoms with Crippen molar-refractivity contribution in [3.63, 3.8) is 0 Å². The third kappa shape index (κ3) is 1.21. The van der Waals surface area contributed by atoms with E-state index >= 15 is 0 Å². The molecule has 1 heterocycles. The summed E-state index contributed by atoms with van der Waals surface area (Å²) in [6.45, 7) is 7.44. The van der Waals surface area contributed by atoms with Crippen LogP contribution < -0.4 is 0 Å². The molecular weight excluding hydrogens is 180 g/mol. The van der Waals surface area contributed by atoms with Gasteiger partial charge in [-0.25, -0.2) is 4.79 Å². The topological polar surface area (TPSA) is 40.6 Å². The third-order valence-electron chi connectivity index (χ3n) is 3.12. The summed E-state index contributed by atoms with van der Waals surface area (Å²) in [5, 5.41) is 0. The molecule has 1 atom stereocenters. The van der Waals surface area contributed by atoms with E-state index in [9.17, 15) is 9.59 Å². The molecule has 80 valence electrons. The van der Waals surface area contributed by atoms with Crippen molar-refractivity contribution in [3.05, 3.63) is 0 Å². The van der Waals surface area contributed by atoms with Crippen molar-refractivity contribution in [2.45, 2.75) is 45.7 Å². The van der Waals surface area contributed by atoms with Crippen LogP contribution in [0.2, 0.25) is 0 Å². The second-order valence-corrected chi connectivity index (χ2v) is 4.24. The first-order valence-corrected chi connectivity index (χ1v) is 4.97. The van der Waals surface area contributed by atoms with Gasteiger partial charge in [0.1, 0.15) is 5.54 Å². The van der Waals surface area contributed by atoms with Crippen molar-refractivity contribution in [3.8, 4) is 0 Å². The summed E-state index contributed by atoms with van der Waals surface area (Å²) < 4.78 is 0. The van der Waals surface area contributed by atoms with Crippen LogP contribution in [0.3, 0.4) is 0 Å². The van der Waals surface area contributed by atoms with Gasteiger partial charge in [0, 0.05) is 13.1 Å². The van der Waals surface area contributed by atoms with Gasteiger partial charge in [0.15, 0.2) is 0 Å². The Morgan fingerprint density at radius 3 is 2.07 bits per heavy atom. The Bertz CT molecular complexity index is 275. The molecule has 1 aliphatic rings. The molecule has 4 heteroatoms. The zero-order valence-corrected chi connectivity index (χ0v) is 9.50. The van der Waals surface area contributed by atoms with Crippen molar-refractivity contribution in [2.24, 2.45) is 0 Å². The molecule has 0 unspecified atom stereocenters. The van der Waals surface area contributed by atoms with Gasteiger partial charge in [-0.3, -0.25) is 9.69 Å². The summed E-state index contributed by atoms with van der Waals surface area (Å²) in [5.74, 6) is -0.0810. The Balaban J connectivity index is 3.09. The van der Waals surface area contributed by atoms with Crippen molar-refractivity contribution in [1.29, 1.82) is 0 Å². The average Bonchev–Trinajstić information content (AvgIpc) is 2.29. The van der Waals surface area contributed by atoms with Crippen LogP contribution in [-0.4, -0.2) is 40.4 Å². The number of urea groups is 1. The fraction of sp³-hybridized carbons (Fsp3) is 0.800. The molecule has 0 bridgehead atoms. The van der Waals surface area contributed by atoms with Gasteiger partial charge in [-0.05, 0) is 27.2 Å². The summed E-state index contributed by atoms with van der Waals surface area (Å²) in [5.41, 5.74) is -0.651. The zero-order chi connectivity index (χ0) is 11.1. The molecule has 3 amide bonds. The maximum atomic E-state index is 12.0. The van der Waals surface area contributed by atoms with E-state index < -0.39 is 5.54 Å². The van der Waals surface area contributed by atoms with E-state index in [-0.39, 0.29) is 18.0 Å². The molecular formula is C10H18N2O2. The van der Waals surface area contributed by atoms with Crippen molar-refractivity contribution in [2.75, 3.05) is 7.05 Å². The number of nitrogens with zero attached hydrogens (tertiary/aromatic N) is 2. The predicted molar refractivity (Wildman–Crippen MR) is 53.8 cm³/mol. The second-order valence-electron chi connectivity index (χ2n) is 4.24. The fourth-order valence-electron chi connectivity index (χ4n) is 1.71. The number of hydrogen-bond acceptors (Lipinski definition) is 2. The van der Waals surface area contributed by atoms with Crippen molar-refractivity contribution in [1.82, 2.24) is 9.80 Å². The molecule has 1 rings (SSSR count). The molecule has 4 nitrogen and oxygen atoms in total. The SMILES string of the molecule is CC[C@]1(C)C(=O)N(C(C)C)C(=O)N1C. The van der Waals surface area contributed by atoms with E-state index in [1.54, 1.807) is 7.05 Å². The lowest BCUT2D eigenvalue weighted by Crippen LogP contribution is -2.44. The molecule has 1 fully saturated rings. The number of likely N-dealkylation sites (N-methyl/N-ethyl adjacent to an activating group) is 1. The number of imide groups is 1. The average molecular weight is 198 g/mol. The van der Waals surface area contributed by atoms with E-state index in [0.717, 1.165) is 0 Å². The number of hydrogen-bond donors (Lipinski definition) is 0. The van der Waals surface area contributed by atoms with E-state index in [2.05, 4.69) is 0 Å². The fourth-order valence-corrected chi connectivity index (χ4v) is 1.71. The molecule has 0 saturated carbocycles. The highest BCUT2D eigenvalue weighted by atomic mass is 16.2. The van der Waals surface area contributed by atoms with Gasteiger partial charge in [0.25, 0.3) is 5.91 Å². The van der Waals surface area contributed by atoms with Crippen molar-refractivity contribution < 1.29 is 9.59 Å². The van der Waals surface area contributed by atoms with Gasteiger partial charge >= 0.3 is 6.03 Å². The highest BCUT2D eigenvalue weighted by molar-refractivity contribution is 6.06. The van der Waals surface area contributed by atoms with E-state index in [1.807, 2.05) is 27.7 Å². The summed E-state index contributed by atoms with van der Waals surface area (Å²) in [7, 11) is 1.69. The van der Waals surface area contributed by atoms with E-state index in [1.165, 1.54) is 9.80 Å². The molecule has 0 aliphatic carbocycles. The number of carbonyl (C=O) groups is 2. The first-order valence-electron chi connectivity index (χ1n) is 4.97. The number of carbonyl (C=O) groups excluding carboxylic acids is 2. The largest absolute Gasteiger partial charge is 0.327 e. The maximum absolute atomic E-state index is 12.0. The molecule has 0 aromatic heterocycles. The number of rotatable bonds is 2. The first-order chi connectivity index (χ1) is 6.36. The minimum atomic E-state index is -0.651.